The van der Waals surface area contributed by atoms with Crippen LogP contribution in [-0.4, -0.2) is 19.0 Å². The summed E-state index contributed by atoms with van der Waals surface area (Å²) < 4.78 is 0. The fourth-order valence-corrected chi connectivity index (χ4v) is 2.89. The van der Waals surface area contributed by atoms with Gasteiger partial charge in [-0.15, -0.1) is 0 Å². The average Bonchev–Trinajstić information content (AvgIpc) is 2.54. The lowest BCUT2D eigenvalue weighted by atomic mass is 9.97. The highest BCUT2D eigenvalue weighted by Crippen LogP contribution is 2.23. The van der Waals surface area contributed by atoms with E-state index in [9.17, 15) is 4.79 Å². The van der Waals surface area contributed by atoms with Crippen LogP contribution < -0.4 is 10.6 Å². The smallest absolute Gasteiger partial charge is 0.239 e. The molecular weight excluding hydrogens is 272 g/mol. The van der Waals surface area contributed by atoms with Crippen molar-refractivity contribution in [2.45, 2.75) is 51.9 Å². The van der Waals surface area contributed by atoms with E-state index >= 15 is 0 Å². The number of rotatable bonds is 7. The SMILES string of the molecule is CC(C)c1ccccc1NCC(=O)NCCC1=CCCCC1. The van der Waals surface area contributed by atoms with Crippen LogP contribution in [0, 0.1) is 0 Å². The van der Waals surface area contributed by atoms with Gasteiger partial charge in [-0.3, -0.25) is 4.79 Å². The molecule has 3 nitrogen and oxygen atoms in total. The molecule has 120 valence electrons. The van der Waals surface area contributed by atoms with Gasteiger partial charge in [-0.05, 0) is 49.7 Å². The highest BCUT2D eigenvalue weighted by atomic mass is 16.1. The first-order valence-electron chi connectivity index (χ1n) is 8.44. The van der Waals surface area contributed by atoms with Crippen molar-refractivity contribution < 1.29 is 4.79 Å². The van der Waals surface area contributed by atoms with Crippen LogP contribution in [0.2, 0.25) is 0 Å². The molecular formula is C19H28N2O. The lowest BCUT2D eigenvalue weighted by molar-refractivity contribution is -0.119. The number of anilines is 1. The fraction of sp³-hybridized carbons (Fsp3) is 0.526. The van der Waals surface area contributed by atoms with Gasteiger partial charge < -0.3 is 10.6 Å². The van der Waals surface area contributed by atoms with Crippen molar-refractivity contribution in [3.05, 3.63) is 41.5 Å². The standard InChI is InChI=1S/C19H28N2O/c1-15(2)17-10-6-7-11-18(17)21-14-19(22)20-13-12-16-8-4-3-5-9-16/h6-8,10-11,15,21H,3-5,9,12-14H2,1-2H3,(H,20,22). The fourth-order valence-electron chi connectivity index (χ4n) is 2.89. The predicted octanol–water partition coefficient (Wildman–Crippen LogP) is 4.23. The summed E-state index contributed by atoms with van der Waals surface area (Å²) in [7, 11) is 0. The predicted molar refractivity (Wildman–Crippen MR) is 93.2 cm³/mol. The Balaban J connectivity index is 1.72. The second-order valence-corrected chi connectivity index (χ2v) is 6.30. The van der Waals surface area contributed by atoms with E-state index in [4.69, 9.17) is 0 Å². The van der Waals surface area contributed by atoms with Crippen molar-refractivity contribution in [3.8, 4) is 0 Å². The molecule has 3 heteroatoms. The first kappa shape index (κ1) is 16.6. The maximum atomic E-state index is 11.9. The van der Waals surface area contributed by atoms with Crippen LogP contribution in [0.5, 0.6) is 0 Å². The van der Waals surface area contributed by atoms with Gasteiger partial charge in [-0.1, -0.05) is 43.7 Å². The summed E-state index contributed by atoms with van der Waals surface area (Å²) in [6.07, 6.45) is 8.36. The third kappa shape index (κ3) is 5.21. The molecule has 0 fully saturated rings. The minimum absolute atomic E-state index is 0.0648. The first-order chi connectivity index (χ1) is 10.7. The normalized spacial score (nSPS) is 14.6. The van der Waals surface area contributed by atoms with Crippen LogP contribution in [0.25, 0.3) is 0 Å². The number of hydrogen-bond acceptors (Lipinski definition) is 2. The number of carbonyl (C=O) groups excluding carboxylic acids is 1. The lowest BCUT2D eigenvalue weighted by Gasteiger charge is -2.15. The number of amides is 1. The number of hydrogen-bond donors (Lipinski definition) is 2. The molecule has 1 aliphatic rings. The maximum Gasteiger partial charge on any atom is 0.239 e. The molecule has 0 aliphatic heterocycles. The van der Waals surface area contributed by atoms with E-state index < -0.39 is 0 Å². The van der Waals surface area contributed by atoms with Crippen molar-refractivity contribution in [1.29, 1.82) is 0 Å². The molecule has 1 aliphatic carbocycles. The topological polar surface area (TPSA) is 41.1 Å². The van der Waals surface area contributed by atoms with Gasteiger partial charge in [0.15, 0.2) is 0 Å². The minimum Gasteiger partial charge on any atom is -0.376 e. The highest BCUT2D eigenvalue weighted by molar-refractivity contribution is 5.81. The van der Waals surface area contributed by atoms with Crippen LogP contribution in [0.3, 0.4) is 0 Å². The molecule has 0 aromatic heterocycles. The summed E-state index contributed by atoms with van der Waals surface area (Å²) in [5.41, 5.74) is 3.81. The molecule has 0 spiro atoms. The van der Waals surface area contributed by atoms with Crippen LogP contribution >= 0.6 is 0 Å². The van der Waals surface area contributed by atoms with Gasteiger partial charge in [0.2, 0.25) is 5.91 Å². The van der Waals surface area contributed by atoms with Crippen molar-refractivity contribution in [2.24, 2.45) is 0 Å². The summed E-state index contributed by atoms with van der Waals surface area (Å²) in [6, 6.07) is 8.19. The molecule has 2 rings (SSSR count). The lowest BCUT2D eigenvalue weighted by Crippen LogP contribution is -2.31. The van der Waals surface area contributed by atoms with Gasteiger partial charge in [-0.2, -0.15) is 0 Å². The van der Waals surface area contributed by atoms with E-state index in [1.165, 1.54) is 36.8 Å². The van der Waals surface area contributed by atoms with Gasteiger partial charge in [0.05, 0.1) is 6.54 Å². The van der Waals surface area contributed by atoms with Crippen molar-refractivity contribution >= 4 is 11.6 Å². The summed E-state index contributed by atoms with van der Waals surface area (Å²) in [6.45, 7) is 5.41. The second kappa shape index (κ2) is 8.62. The summed E-state index contributed by atoms with van der Waals surface area (Å²) in [5, 5.41) is 6.26. The molecule has 22 heavy (non-hydrogen) atoms. The van der Waals surface area contributed by atoms with Gasteiger partial charge in [0.25, 0.3) is 0 Å². The molecule has 0 radical (unpaired) electrons. The molecule has 0 atom stereocenters. The van der Waals surface area contributed by atoms with Gasteiger partial charge in [-0.25, -0.2) is 0 Å². The van der Waals surface area contributed by atoms with Crippen molar-refractivity contribution in [2.75, 3.05) is 18.4 Å². The van der Waals surface area contributed by atoms with Crippen LogP contribution in [0.4, 0.5) is 5.69 Å². The average molecular weight is 300 g/mol. The van der Waals surface area contributed by atoms with Crippen molar-refractivity contribution in [1.82, 2.24) is 5.32 Å². The van der Waals surface area contributed by atoms with E-state index in [0.717, 1.165) is 18.7 Å². The van der Waals surface area contributed by atoms with E-state index in [-0.39, 0.29) is 5.91 Å². The van der Waals surface area contributed by atoms with Gasteiger partial charge in [0.1, 0.15) is 0 Å². The molecule has 0 saturated carbocycles. The molecule has 0 unspecified atom stereocenters. The molecule has 2 N–H and O–H groups in total. The Morgan fingerprint density at radius 3 is 2.77 bits per heavy atom. The third-order valence-corrected chi connectivity index (χ3v) is 4.18. The Kier molecular flexibility index (Phi) is 6.50. The number of carbonyl (C=O) groups is 1. The molecule has 1 aromatic rings. The summed E-state index contributed by atoms with van der Waals surface area (Å²) >= 11 is 0. The number of nitrogens with one attached hydrogen (secondary N) is 2. The first-order valence-corrected chi connectivity index (χ1v) is 8.44. The number of para-hydroxylation sites is 1. The number of allylic oxidation sites excluding steroid dienone is 1. The van der Waals surface area contributed by atoms with Crippen LogP contribution in [0.1, 0.15) is 57.4 Å². The third-order valence-electron chi connectivity index (χ3n) is 4.18. The molecule has 0 heterocycles. The molecule has 1 aromatic carbocycles. The van der Waals surface area contributed by atoms with E-state index in [1.807, 2.05) is 18.2 Å². The van der Waals surface area contributed by atoms with E-state index in [1.54, 1.807) is 0 Å². The molecule has 0 saturated heterocycles. The largest absolute Gasteiger partial charge is 0.376 e. The van der Waals surface area contributed by atoms with Crippen molar-refractivity contribution in [3.63, 3.8) is 0 Å². The van der Waals surface area contributed by atoms with Crippen LogP contribution in [0.15, 0.2) is 35.9 Å². The Bertz CT molecular complexity index is 520. The van der Waals surface area contributed by atoms with Gasteiger partial charge in [0, 0.05) is 12.2 Å². The quantitative estimate of drug-likeness (QED) is 0.740. The Morgan fingerprint density at radius 2 is 2.05 bits per heavy atom. The monoisotopic (exact) mass is 300 g/mol. The van der Waals surface area contributed by atoms with Crippen LogP contribution in [-0.2, 0) is 4.79 Å². The molecule has 1 amide bonds. The zero-order valence-electron chi connectivity index (χ0n) is 13.8. The van der Waals surface area contributed by atoms with Gasteiger partial charge >= 0.3 is 0 Å². The molecule has 0 bridgehead atoms. The maximum absolute atomic E-state index is 11.9. The van der Waals surface area contributed by atoms with E-state index in [2.05, 4.69) is 36.6 Å². The zero-order chi connectivity index (χ0) is 15.8. The summed E-state index contributed by atoms with van der Waals surface area (Å²) in [4.78, 5) is 11.9. The number of benzene rings is 1. The van der Waals surface area contributed by atoms with E-state index in [0.29, 0.717) is 12.5 Å². The Hall–Kier alpha value is -1.77. The summed E-state index contributed by atoms with van der Waals surface area (Å²) in [5.74, 6) is 0.514. The zero-order valence-corrected chi connectivity index (χ0v) is 13.8. The highest BCUT2D eigenvalue weighted by Gasteiger charge is 2.08. The second-order valence-electron chi connectivity index (χ2n) is 6.30. The Labute approximate surface area is 134 Å². The Morgan fingerprint density at radius 1 is 1.23 bits per heavy atom. The minimum atomic E-state index is 0.0648.